The third-order valence-electron chi connectivity index (χ3n) is 5.37. The van der Waals surface area contributed by atoms with Crippen molar-refractivity contribution in [2.24, 2.45) is 5.92 Å². The van der Waals surface area contributed by atoms with Gasteiger partial charge in [-0.2, -0.15) is 4.31 Å². The van der Waals surface area contributed by atoms with Crippen LogP contribution in [0.15, 0.2) is 47.4 Å². The molecule has 0 atom stereocenters. The molecule has 0 bridgehead atoms. The van der Waals surface area contributed by atoms with Gasteiger partial charge in [0, 0.05) is 19.0 Å². The van der Waals surface area contributed by atoms with E-state index in [0.717, 1.165) is 5.56 Å². The average Bonchev–Trinajstić information content (AvgIpc) is 2.79. The van der Waals surface area contributed by atoms with Crippen molar-refractivity contribution in [2.45, 2.75) is 24.7 Å². The molecule has 1 saturated heterocycles. The lowest BCUT2D eigenvalue weighted by Gasteiger charge is -2.30. The maximum atomic E-state index is 12.8. The number of carbonyl (C=O) groups excluding carboxylic acids is 2. The molecule has 31 heavy (non-hydrogen) atoms. The third-order valence-corrected chi connectivity index (χ3v) is 7.29. The highest BCUT2D eigenvalue weighted by molar-refractivity contribution is 7.89. The number of rotatable bonds is 6. The Hall–Kier alpha value is -2.91. The van der Waals surface area contributed by atoms with Gasteiger partial charge in [0.25, 0.3) is 0 Å². The summed E-state index contributed by atoms with van der Waals surface area (Å²) in [5.74, 6) is -0.749. The monoisotopic (exact) mass is 446 g/mol. The minimum atomic E-state index is -3.59. The normalized spacial score (nSPS) is 15.3. The predicted octanol–water partition coefficient (Wildman–Crippen LogP) is 2.83. The summed E-state index contributed by atoms with van der Waals surface area (Å²) in [6.45, 7) is 2.40. The van der Waals surface area contributed by atoms with Crippen molar-refractivity contribution >= 4 is 27.6 Å². The van der Waals surface area contributed by atoms with Gasteiger partial charge in [-0.15, -0.1) is 0 Å². The molecular weight excluding hydrogens is 420 g/mol. The van der Waals surface area contributed by atoms with E-state index in [1.807, 2.05) is 6.92 Å². The summed E-state index contributed by atoms with van der Waals surface area (Å²) >= 11 is 0. The Morgan fingerprint density at radius 1 is 1.03 bits per heavy atom. The second-order valence-corrected chi connectivity index (χ2v) is 9.32. The van der Waals surface area contributed by atoms with Gasteiger partial charge < -0.3 is 14.8 Å². The minimum absolute atomic E-state index is 0.189. The van der Waals surface area contributed by atoms with Crippen LogP contribution in [0.25, 0.3) is 0 Å². The fourth-order valence-corrected chi connectivity index (χ4v) is 4.96. The quantitative estimate of drug-likeness (QED) is 0.685. The van der Waals surface area contributed by atoms with Crippen molar-refractivity contribution in [3.8, 4) is 5.75 Å². The Kier molecular flexibility index (Phi) is 6.97. The number of nitrogens with one attached hydrogen (secondary N) is 1. The van der Waals surface area contributed by atoms with Gasteiger partial charge in [-0.05, 0) is 50.1 Å². The van der Waals surface area contributed by atoms with Crippen molar-refractivity contribution < 1.29 is 27.5 Å². The molecule has 0 saturated carbocycles. The van der Waals surface area contributed by atoms with Gasteiger partial charge in [0.05, 0.1) is 30.4 Å². The Morgan fingerprint density at radius 3 is 2.26 bits per heavy atom. The summed E-state index contributed by atoms with van der Waals surface area (Å²) in [5, 5.41) is 2.77. The minimum Gasteiger partial charge on any atom is -0.497 e. The number of piperidine rings is 1. The Labute approximate surface area is 182 Å². The van der Waals surface area contributed by atoms with E-state index in [1.165, 1.54) is 24.6 Å². The number of methoxy groups -OCH3 is 2. The number of hydrogen-bond acceptors (Lipinski definition) is 6. The molecule has 8 nitrogen and oxygen atoms in total. The van der Waals surface area contributed by atoms with E-state index in [4.69, 9.17) is 9.47 Å². The summed E-state index contributed by atoms with van der Waals surface area (Å²) < 4.78 is 37.0. The van der Waals surface area contributed by atoms with E-state index in [-0.39, 0.29) is 35.4 Å². The molecule has 2 aromatic carbocycles. The number of esters is 1. The van der Waals surface area contributed by atoms with E-state index in [2.05, 4.69) is 5.32 Å². The molecule has 2 aromatic rings. The number of aryl methyl sites for hydroxylation is 1. The largest absolute Gasteiger partial charge is 0.497 e. The van der Waals surface area contributed by atoms with Crippen molar-refractivity contribution in [3.63, 3.8) is 0 Å². The van der Waals surface area contributed by atoms with E-state index < -0.39 is 16.0 Å². The van der Waals surface area contributed by atoms with Gasteiger partial charge in [0.1, 0.15) is 5.75 Å². The number of benzene rings is 2. The van der Waals surface area contributed by atoms with Crippen LogP contribution in [-0.4, -0.2) is 51.9 Å². The van der Waals surface area contributed by atoms with Crippen molar-refractivity contribution in [3.05, 3.63) is 53.6 Å². The van der Waals surface area contributed by atoms with Crippen molar-refractivity contribution in [2.75, 3.05) is 32.6 Å². The molecule has 3 rings (SSSR count). The molecule has 0 spiro atoms. The maximum absolute atomic E-state index is 12.8. The first-order chi connectivity index (χ1) is 14.8. The van der Waals surface area contributed by atoms with Crippen LogP contribution in [0.1, 0.15) is 28.8 Å². The number of amides is 1. The second kappa shape index (κ2) is 9.49. The van der Waals surface area contributed by atoms with E-state index in [9.17, 15) is 18.0 Å². The Morgan fingerprint density at radius 2 is 1.68 bits per heavy atom. The molecule has 1 amide bonds. The highest BCUT2D eigenvalue weighted by Gasteiger charge is 2.32. The van der Waals surface area contributed by atoms with Crippen LogP contribution >= 0.6 is 0 Å². The van der Waals surface area contributed by atoms with Gasteiger partial charge in [-0.1, -0.05) is 17.7 Å². The van der Waals surface area contributed by atoms with Crippen molar-refractivity contribution in [1.29, 1.82) is 0 Å². The third kappa shape index (κ3) is 5.05. The zero-order valence-electron chi connectivity index (χ0n) is 17.8. The van der Waals surface area contributed by atoms with E-state index in [0.29, 0.717) is 24.3 Å². The summed E-state index contributed by atoms with van der Waals surface area (Å²) in [6, 6.07) is 11.4. The number of ether oxygens (including phenoxy) is 2. The first kappa shape index (κ1) is 22.8. The van der Waals surface area contributed by atoms with Crippen LogP contribution in [0.4, 0.5) is 5.69 Å². The Balaban J connectivity index is 1.67. The smallest absolute Gasteiger partial charge is 0.340 e. The molecule has 1 aliphatic rings. The standard InChI is InChI=1S/C22H26N2O6S/c1-15-4-7-18(8-5-15)31(27,28)24-12-10-16(11-13-24)21(25)23-20-9-6-17(29-2)14-19(20)22(26)30-3/h4-9,14,16H,10-13H2,1-3H3,(H,23,25). The fourth-order valence-electron chi connectivity index (χ4n) is 3.49. The van der Waals surface area contributed by atoms with Gasteiger partial charge in [0.15, 0.2) is 0 Å². The average molecular weight is 447 g/mol. The van der Waals surface area contributed by atoms with Gasteiger partial charge in [-0.25, -0.2) is 13.2 Å². The molecule has 166 valence electrons. The zero-order valence-corrected chi connectivity index (χ0v) is 18.6. The number of nitrogens with zero attached hydrogens (tertiary/aromatic N) is 1. The lowest BCUT2D eigenvalue weighted by atomic mass is 9.97. The van der Waals surface area contributed by atoms with E-state index >= 15 is 0 Å². The summed E-state index contributed by atoms with van der Waals surface area (Å²) in [4.78, 5) is 25.1. The molecule has 1 aliphatic heterocycles. The number of anilines is 1. The summed E-state index contributed by atoms with van der Waals surface area (Å²) in [7, 11) is -0.849. The molecule has 9 heteroatoms. The SMILES string of the molecule is COC(=O)c1cc(OC)ccc1NC(=O)C1CCN(S(=O)(=O)c2ccc(C)cc2)CC1. The zero-order chi connectivity index (χ0) is 22.6. The second-order valence-electron chi connectivity index (χ2n) is 7.38. The van der Waals surface area contributed by atoms with E-state index in [1.54, 1.807) is 36.4 Å². The molecule has 0 aliphatic carbocycles. The van der Waals surface area contributed by atoms with Crippen LogP contribution in [-0.2, 0) is 19.6 Å². The first-order valence-electron chi connectivity index (χ1n) is 9.90. The lowest BCUT2D eigenvalue weighted by Crippen LogP contribution is -2.41. The van der Waals surface area contributed by atoms with Crippen LogP contribution in [0.3, 0.4) is 0 Å². The summed E-state index contributed by atoms with van der Waals surface area (Å²) in [5.41, 5.74) is 1.50. The van der Waals surface area contributed by atoms with Gasteiger partial charge in [0.2, 0.25) is 15.9 Å². The molecular formula is C22H26N2O6S. The predicted molar refractivity (Wildman–Crippen MR) is 116 cm³/mol. The Bertz CT molecular complexity index is 1060. The lowest BCUT2D eigenvalue weighted by molar-refractivity contribution is -0.120. The fraction of sp³-hybridized carbons (Fsp3) is 0.364. The number of sulfonamides is 1. The molecule has 0 radical (unpaired) electrons. The topological polar surface area (TPSA) is 102 Å². The molecule has 1 fully saturated rings. The van der Waals surface area contributed by atoms with Crippen LogP contribution in [0, 0.1) is 12.8 Å². The first-order valence-corrected chi connectivity index (χ1v) is 11.3. The summed E-state index contributed by atoms with van der Waals surface area (Å²) in [6.07, 6.45) is 0.779. The number of hydrogen-bond donors (Lipinski definition) is 1. The molecule has 0 unspecified atom stereocenters. The van der Waals surface area contributed by atoms with Gasteiger partial charge >= 0.3 is 5.97 Å². The van der Waals surface area contributed by atoms with Crippen molar-refractivity contribution in [1.82, 2.24) is 4.31 Å². The highest BCUT2D eigenvalue weighted by atomic mass is 32.2. The number of carbonyl (C=O) groups is 2. The molecule has 1 heterocycles. The van der Waals surface area contributed by atoms with Crippen LogP contribution in [0.2, 0.25) is 0 Å². The van der Waals surface area contributed by atoms with Gasteiger partial charge in [-0.3, -0.25) is 4.79 Å². The van der Waals surface area contributed by atoms with Crippen LogP contribution in [0.5, 0.6) is 5.75 Å². The maximum Gasteiger partial charge on any atom is 0.340 e. The molecule has 1 N–H and O–H groups in total. The molecule has 0 aromatic heterocycles. The highest BCUT2D eigenvalue weighted by Crippen LogP contribution is 2.27. The van der Waals surface area contributed by atoms with Crippen LogP contribution < -0.4 is 10.1 Å².